The van der Waals surface area contributed by atoms with Crippen LogP contribution in [0.2, 0.25) is 0 Å². The zero-order valence-electron chi connectivity index (χ0n) is 25.1. The summed E-state index contributed by atoms with van der Waals surface area (Å²) in [6, 6.07) is 23.4. The highest BCUT2D eigenvalue weighted by Crippen LogP contribution is 2.39. The Kier molecular flexibility index (Phi) is 5.66. The molecule has 2 saturated heterocycles. The standard InChI is InChI=1S/C33H36B2N2O4/c1-30(2)31(3,4)39-34(38-30)22-13-15-28-25(18-22)26-19-23(35-40-32(5,6)33(7,8)41-35)14-16-29(26)37(28)24-17-21-11-9-10-12-27(21)36-20-24/h9-20H,1-8H3. The van der Waals surface area contributed by atoms with Gasteiger partial charge in [0.2, 0.25) is 0 Å². The first-order valence-corrected chi connectivity index (χ1v) is 14.4. The zero-order chi connectivity index (χ0) is 28.9. The van der Waals surface area contributed by atoms with Gasteiger partial charge in [-0.2, -0.15) is 0 Å². The fourth-order valence-corrected chi connectivity index (χ4v) is 5.77. The lowest BCUT2D eigenvalue weighted by Crippen LogP contribution is -2.41. The SMILES string of the molecule is CC1(C)OB(c2ccc3c(c2)c2cc(B4OC(C)(C)C(C)(C)O4)ccc2n3-c2cnc3ccccc3c2)OC1(C)C. The van der Waals surface area contributed by atoms with Crippen LogP contribution in [0.15, 0.2) is 72.9 Å². The molecule has 6 nitrogen and oxygen atoms in total. The van der Waals surface area contributed by atoms with Crippen LogP contribution >= 0.6 is 0 Å². The van der Waals surface area contributed by atoms with Crippen LogP contribution in [0, 0.1) is 0 Å². The van der Waals surface area contributed by atoms with Crippen molar-refractivity contribution in [2.45, 2.75) is 77.8 Å². The average molecular weight is 546 g/mol. The van der Waals surface area contributed by atoms with E-state index in [1.165, 1.54) is 0 Å². The topological polar surface area (TPSA) is 54.7 Å². The van der Waals surface area contributed by atoms with E-state index in [0.29, 0.717) is 0 Å². The fraction of sp³-hybridized carbons (Fsp3) is 0.364. The van der Waals surface area contributed by atoms with E-state index in [0.717, 1.165) is 49.3 Å². The van der Waals surface area contributed by atoms with Crippen LogP contribution in [0.1, 0.15) is 55.4 Å². The quantitative estimate of drug-likeness (QED) is 0.263. The van der Waals surface area contributed by atoms with Gasteiger partial charge in [0, 0.05) is 16.2 Å². The Bertz CT molecular complexity index is 1720. The highest BCUT2D eigenvalue weighted by atomic mass is 16.7. The minimum Gasteiger partial charge on any atom is -0.399 e. The predicted molar refractivity (Wildman–Crippen MR) is 168 cm³/mol. The van der Waals surface area contributed by atoms with Gasteiger partial charge in [-0.15, -0.1) is 0 Å². The minimum absolute atomic E-state index is 0.415. The van der Waals surface area contributed by atoms with Crippen molar-refractivity contribution in [3.8, 4) is 5.69 Å². The highest BCUT2D eigenvalue weighted by Gasteiger charge is 2.53. The van der Waals surface area contributed by atoms with Gasteiger partial charge in [0.15, 0.2) is 0 Å². The van der Waals surface area contributed by atoms with E-state index in [1.54, 1.807) is 0 Å². The fourth-order valence-electron chi connectivity index (χ4n) is 5.77. The van der Waals surface area contributed by atoms with Gasteiger partial charge in [-0.25, -0.2) is 0 Å². The third-order valence-corrected chi connectivity index (χ3v) is 9.70. The largest absolute Gasteiger partial charge is 0.494 e. The van der Waals surface area contributed by atoms with Crippen molar-refractivity contribution in [1.82, 2.24) is 9.55 Å². The number of fused-ring (bicyclic) bond motifs is 4. The smallest absolute Gasteiger partial charge is 0.399 e. The Labute approximate surface area is 242 Å². The van der Waals surface area contributed by atoms with Crippen molar-refractivity contribution in [3.63, 3.8) is 0 Å². The van der Waals surface area contributed by atoms with Crippen LogP contribution < -0.4 is 10.9 Å². The number of para-hydroxylation sites is 1. The Morgan fingerprint density at radius 1 is 0.585 bits per heavy atom. The van der Waals surface area contributed by atoms with Gasteiger partial charge in [0.1, 0.15) is 0 Å². The maximum atomic E-state index is 6.42. The molecule has 0 spiro atoms. The first-order valence-electron chi connectivity index (χ1n) is 14.4. The van der Waals surface area contributed by atoms with Crippen LogP contribution in [0.4, 0.5) is 0 Å². The van der Waals surface area contributed by atoms with Crippen molar-refractivity contribution in [2.75, 3.05) is 0 Å². The van der Waals surface area contributed by atoms with E-state index in [1.807, 2.05) is 24.4 Å². The third-order valence-electron chi connectivity index (χ3n) is 9.70. The van der Waals surface area contributed by atoms with Crippen molar-refractivity contribution < 1.29 is 18.6 Å². The molecule has 4 heterocycles. The monoisotopic (exact) mass is 546 g/mol. The molecule has 0 amide bonds. The maximum Gasteiger partial charge on any atom is 0.494 e. The second kappa shape index (κ2) is 8.68. The molecule has 7 rings (SSSR count). The molecule has 0 radical (unpaired) electrons. The van der Waals surface area contributed by atoms with Crippen molar-refractivity contribution in [2.24, 2.45) is 0 Å². The van der Waals surface area contributed by atoms with Gasteiger partial charge >= 0.3 is 14.2 Å². The number of hydrogen-bond donors (Lipinski definition) is 0. The van der Waals surface area contributed by atoms with Gasteiger partial charge in [0.25, 0.3) is 0 Å². The predicted octanol–water partition coefficient (Wildman–Crippen LogP) is 5.93. The average Bonchev–Trinajstić information content (AvgIpc) is 3.44. The normalized spacial score (nSPS) is 21.0. The molecule has 0 saturated carbocycles. The Hall–Kier alpha value is -3.16. The highest BCUT2D eigenvalue weighted by molar-refractivity contribution is 6.63. The molecule has 5 aromatic rings. The summed E-state index contributed by atoms with van der Waals surface area (Å²) >= 11 is 0. The van der Waals surface area contributed by atoms with E-state index >= 15 is 0 Å². The first kappa shape index (κ1) is 26.7. The van der Waals surface area contributed by atoms with Crippen LogP contribution in [0.5, 0.6) is 0 Å². The molecule has 2 aliphatic heterocycles. The summed E-state index contributed by atoms with van der Waals surface area (Å²) in [5.74, 6) is 0. The second-order valence-electron chi connectivity index (χ2n) is 13.5. The second-order valence-corrected chi connectivity index (χ2v) is 13.5. The van der Waals surface area contributed by atoms with Gasteiger partial charge < -0.3 is 23.2 Å². The molecule has 2 aromatic heterocycles. The zero-order valence-corrected chi connectivity index (χ0v) is 25.1. The summed E-state index contributed by atoms with van der Waals surface area (Å²) in [6.07, 6.45) is 1.95. The van der Waals surface area contributed by atoms with Crippen LogP contribution in [0.25, 0.3) is 38.4 Å². The number of hydrogen-bond acceptors (Lipinski definition) is 5. The summed E-state index contributed by atoms with van der Waals surface area (Å²) in [7, 11) is -0.896. The molecule has 0 N–H and O–H groups in total. The lowest BCUT2D eigenvalue weighted by atomic mass is 9.77. The molecule has 0 bridgehead atoms. The number of pyridine rings is 1. The third kappa shape index (κ3) is 4.07. The number of aromatic nitrogens is 2. The van der Waals surface area contributed by atoms with Gasteiger partial charge in [0.05, 0.1) is 50.8 Å². The Morgan fingerprint density at radius 3 is 1.54 bits per heavy atom. The van der Waals surface area contributed by atoms with E-state index in [-0.39, 0.29) is 0 Å². The molecule has 0 atom stereocenters. The summed E-state index contributed by atoms with van der Waals surface area (Å²) in [5.41, 5.74) is 4.48. The molecule has 0 unspecified atom stereocenters. The molecule has 41 heavy (non-hydrogen) atoms. The van der Waals surface area contributed by atoms with Gasteiger partial charge in [-0.1, -0.05) is 42.5 Å². The van der Waals surface area contributed by atoms with E-state index in [4.69, 9.17) is 23.6 Å². The van der Waals surface area contributed by atoms with Crippen molar-refractivity contribution in [1.29, 1.82) is 0 Å². The van der Waals surface area contributed by atoms with Crippen molar-refractivity contribution in [3.05, 3.63) is 72.9 Å². The molecule has 3 aromatic carbocycles. The van der Waals surface area contributed by atoms with Crippen molar-refractivity contribution >= 4 is 57.9 Å². The molecule has 2 fully saturated rings. The molecular weight excluding hydrogens is 510 g/mol. The molecule has 0 aliphatic carbocycles. The van der Waals surface area contributed by atoms with Crippen LogP contribution in [-0.2, 0) is 18.6 Å². The van der Waals surface area contributed by atoms with E-state index < -0.39 is 36.6 Å². The first-order chi connectivity index (χ1) is 19.3. The summed E-state index contributed by atoms with van der Waals surface area (Å²) in [4.78, 5) is 4.77. The molecule has 208 valence electrons. The van der Waals surface area contributed by atoms with Gasteiger partial charge in [-0.3, -0.25) is 4.98 Å². The van der Waals surface area contributed by atoms with Crippen LogP contribution in [-0.4, -0.2) is 46.2 Å². The number of rotatable bonds is 3. The molecular formula is C33H36B2N2O4. The minimum atomic E-state index is -0.448. The molecule has 2 aliphatic rings. The summed E-state index contributed by atoms with van der Waals surface area (Å²) in [6.45, 7) is 16.7. The summed E-state index contributed by atoms with van der Waals surface area (Å²) < 4.78 is 28.0. The van der Waals surface area contributed by atoms with Crippen LogP contribution in [0.3, 0.4) is 0 Å². The lowest BCUT2D eigenvalue weighted by Gasteiger charge is -2.32. The Morgan fingerprint density at radius 2 is 1.05 bits per heavy atom. The number of nitrogens with zero attached hydrogens (tertiary/aromatic N) is 2. The van der Waals surface area contributed by atoms with Gasteiger partial charge in [-0.05, 0) is 90.6 Å². The summed E-state index contributed by atoms with van der Waals surface area (Å²) in [5, 5.41) is 3.32. The maximum absolute atomic E-state index is 6.42. The lowest BCUT2D eigenvalue weighted by molar-refractivity contribution is 0.00578. The number of benzene rings is 3. The Balaban J connectivity index is 1.42. The van der Waals surface area contributed by atoms with E-state index in [9.17, 15) is 0 Å². The van der Waals surface area contributed by atoms with E-state index in [2.05, 4.69) is 108 Å². The molecule has 8 heteroatoms.